The molecule has 1 N–H and O–H groups in total. The van der Waals surface area contributed by atoms with E-state index in [0.29, 0.717) is 26.2 Å². The molecule has 2 heterocycles. The summed E-state index contributed by atoms with van der Waals surface area (Å²) in [5, 5.41) is 20.7. The first-order chi connectivity index (χ1) is 17.8. The van der Waals surface area contributed by atoms with Gasteiger partial charge in [0.2, 0.25) is 5.13 Å². The molecule has 1 unspecified atom stereocenters. The normalized spacial score (nSPS) is 16.9. The number of benzene rings is 3. The van der Waals surface area contributed by atoms with Crippen LogP contribution >= 0.6 is 50.6 Å². The molecular weight excluding hydrogens is 594 g/mol. The average molecular weight is 613 g/mol. The van der Waals surface area contributed by atoms with Gasteiger partial charge in [-0.05, 0) is 42.3 Å². The first kappa shape index (κ1) is 25.7. The summed E-state index contributed by atoms with van der Waals surface area (Å²) in [6.45, 7) is 1.93. The Hall–Kier alpha value is -2.98. The number of aliphatic hydroxyl groups is 1. The predicted octanol–water partition coefficient (Wildman–Crippen LogP) is 7.18. The van der Waals surface area contributed by atoms with Crippen molar-refractivity contribution in [3.63, 3.8) is 0 Å². The summed E-state index contributed by atoms with van der Waals surface area (Å²) in [5.74, 6) is -1.10. The van der Waals surface area contributed by atoms with Crippen molar-refractivity contribution < 1.29 is 14.7 Å². The molecule has 1 saturated heterocycles. The van der Waals surface area contributed by atoms with Crippen molar-refractivity contribution in [1.82, 2.24) is 10.2 Å². The summed E-state index contributed by atoms with van der Waals surface area (Å²) in [6, 6.07) is 21.1. The van der Waals surface area contributed by atoms with Crippen LogP contribution in [0.25, 0.3) is 5.76 Å². The standard InChI is InChI=1S/C27H19BrClN3O3S2/c1-15-2-6-18(7-3-15)23(33)21-22(17-8-10-19(28)11-9-17)32(25(35)24(21)34)26-30-31-27(37-26)36-14-16-4-12-20(29)13-5-16/h2-13,22,33H,14H2,1H3/b23-21-. The van der Waals surface area contributed by atoms with Crippen molar-refractivity contribution in [2.24, 2.45) is 0 Å². The van der Waals surface area contributed by atoms with Gasteiger partial charge in [-0.1, -0.05) is 105 Å². The molecule has 0 aliphatic carbocycles. The number of rotatable bonds is 6. The summed E-state index contributed by atoms with van der Waals surface area (Å²) in [5.41, 5.74) is 3.23. The summed E-state index contributed by atoms with van der Waals surface area (Å²) in [4.78, 5) is 27.9. The van der Waals surface area contributed by atoms with Crippen molar-refractivity contribution in [3.8, 4) is 0 Å². The molecule has 0 radical (unpaired) electrons. The zero-order valence-corrected chi connectivity index (χ0v) is 23.4. The van der Waals surface area contributed by atoms with Gasteiger partial charge in [-0.15, -0.1) is 10.2 Å². The molecule has 4 aromatic rings. The highest BCUT2D eigenvalue weighted by Gasteiger charge is 2.48. The second-order valence-electron chi connectivity index (χ2n) is 8.35. The van der Waals surface area contributed by atoms with Gasteiger partial charge in [0.25, 0.3) is 5.78 Å². The van der Waals surface area contributed by atoms with Gasteiger partial charge in [0, 0.05) is 20.8 Å². The smallest absolute Gasteiger partial charge is 0.301 e. The first-order valence-electron chi connectivity index (χ1n) is 11.2. The minimum Gasteiger partial charge on any atom is -0.507 e. The van der Waals surface area contributed by atoms with Crippen LogP contribution in [0.4, 0.5) is 5.13 Å². The molecule has 3 aromatic carbocycles. The van der Waals surface area contributed by atoms with Gasteiger partial charge < -0.3 is 5.11 Å². The van der Waals surface area contributed by atoms with E-state index in [1.165, 1.54) is 28.0 Å². The molecule has 0 spiro atoms. The highest BCUT2D eigenvalue weighted by atomic mass is 79.9. The Kier molecular flexibility index (Phi) is 7.48. The van der Waals surface area contributed by atoms with E-state index >= 15 is 0 Å². The van der Waals surface area contributed by atoms with Crippen LogP contribution in [-0.2, 0) is 15.3 Å². The van der Waals surface area contributed by atoms with E-state index in [4.69, 9.17) is 11.6 Å². The minimum absolute atomic E-state index is 0.0155. The molecule has 186 valence electrons. The molecule has 10 heteroatoms. The molecule has 1 aromatic heterocycles. The second kappa shape index (κ2) is 10.8. The van der Waals surface area contributed by atoms with Gasteiger partial charge in [-0.3, -0.25) is 14.5 Å². The van der Waals surface area contributed by atoms with Gasteiger partial charge >= 0.3 is 5.91 Å². The summed E-state index contributed by atoms with van der Waals surface area (Å²) in [7, 11) is 0. The van der Waals surface area contributed by atoms with Gasteiger partial charge in [-0.25, -0.2) is 0 Å². The average Bonchev–Trinajstić information content (AvgIpc) is 3.46. The topological polar surface area (TPSA) is 83.4 Å². The fourth-order valence-electron chi connectivity index (χ4n) is 3.94. The lowest BCUT2D eigenvalue weighted by atomic mass is 9.95. The molecule has 5 rings (SSSR count). The van der Waals surface area contributed by atoms with E-state index in [1.54, 1.807) is 12.1 Å². The number of hydrogen-bond donors (Lipinski definition) is 1. The van der Waals surface area contributed by atoms with Crippen LogP contribution in [0.3, 0.4) is 0 Å². The van der Waals surface area contributed by atoms with Crippen LogP contribution in [0.15, 0.2) is 87.2 Å². The van der Waals surface area contributed by atoms with Gasteiger partial charge in [0.05, 0.1) is 11.6 Å². The number of Topliss-reactive ketones (excluding diaryl/α,β-unsaturated/α-hetero) is 1. The van der Waals surface area contributed by atoms with Gasteiger partial charge in [0.1, 0.15) is 5.76 Å². The lowest BCUT2D eigenvalue weighted by molar-refractivity contribution is -0.132. The number of halogens is 2. The van der Waals surface area contributed by atoms with Crippen LogP contribution in [0.2, 0.25) is 5.02 Å². The number of ketones is 1. The lowest BCUT2D eigenvalue weighted by Gasteiger charge is -2.22. The van der Waals surface area contributed by atoms with E-state index in [1.807, 2.05) is 67.6 Å². The van der Waals surface area contributed by atoms with Crippen LogP contribution < -0.4 is 4.90 Å². The van der Waals surface area contributed by atoms with E-state index < -0.39 is 17.7 Å². The Morgan fingerprint density at radius 3 is 2.38 bits per heavy atom. The number of aryl methyl sites for hydroxylation is 1. The largest absolute Gasteiger partial charge is 0.507 e. The first-order valence-corrected chi connectivity index (χ1v) is 14.1. The number of nitrogens with zero attached hydrogens (tertiary/aromatic N) is 3. The van der Waals surface area contributed by atoms with Gasteiger partial charge in [-0.2, -0.15) is 0 Å². The molecule has 0 bridgehead atoms. The number of thioether (sulfide) groups is 1. The molecule has 1 aliphatic heterocycles. The molecule has 1 fully saturated rings. The number of hydrogen-bond acceptors (Lipinski definition) is 7. The monoisotopic (exact) mass is 611 g/mol. The summed E-state index contributed by atoms with van der Waals surface area (Å²) < 4.78 is 1.50. The molecular formula is C27H19BrClN3O3S2. The zero-order chi connectivity index (χ0) is 26.1. The number of carbonyl (C=O) groups is 2. The zero-order valence-electron chi connectivity index (χ0n) is 19.4. The highest BCUT2D eigenvalue weighted by molar-refractivity contribution is 9.10. The van der Waals surface area contributed by atoms with Crippen LogP contribution in [0.5, 0.6) is 0 Å². The third-order valence-corrected chi connectivity index (χ3v) is 8.74. The highest BCUT2D eigenvalue weighted by Crippen LogP contribution is 2.44. The fraction of sp³-hybridized carbons (Fsp3) is 0.111. The number of aromatic nitrogens is 2. The maximum Gasteiger partial charge on any atom is 0.301 e. The number of amides is 1. The van der Waals surface area contributed by atoms with E-state index in [2.05, 4.69) is 26.1 Å². The van der Waals surface area contributed by atoms with Gasteiger partial charge in [0.15, 0.2) is 4.34 Å². The van der Waals surface area contributed by atoms with Crippen LogP contribution in [0.1, 0.15) is 28.3 Å². The third kappa shape index (κ3) is 5.36. The van der Waals surface area contributed by atoms with Crippen molar-refractivity contribution >= 4 is 73.2 Å². The summed E-state index contributed by atoms with van der Waals surface area (Å²) in [6.07, 6.45) is 0. The molecule has 1 atom stereocenters. The minimum atomic E-state index is -0.850. The Balaban J connectivity index is 1.53. The molecule has 1 amide bonds. The van der Waals surface area contributed by atoms with Crippen molar-refractivity contribution in [2.75, 3.05) is 4.90 Å². The Morgan fingerprint density at radius 1 is 1.03 bits per heavy atom. The summed E-state index contributed by atoms with van der Waals surface area (Å²) >= 11 is 12.1. The number of aliphatic hydroxyl groups excluding tert-OH is 1. The second-order valence-corrected chi connectivity index (χ2v) is 11.9. The lowest BCUT2D eigenvalue weighted by Crippen LogP contribution is -2.29. The Morgan fingerprint density at radius 2 is 1.70 bits per heavy atom. The molecule has 37 heavy (non-hydrogen) atoms. The maximum absolute atomic E-state index is 13.3. The van der Waals surface area contributed by atoms with Crippen LogP contribution in [-0.4, -0.2) is 27.0 Å². The van der Waals surface area contributed by atoms with E-state index in [-0.39, 0.29) is 16.5 Å². The predicted molar refractivity (Wildman–Crippen MR) is 151 cm³/mol. The van der Waals surface area contributed by atoms with Crippen molar-refractivity contribution in [2.45, 2.75) is 23.1 Å². The molecule has 1 aliphatic rings. The SMILES string of the molecule is Cc1ccc(/C(O)=C2/C(=O)C(=O)N(c3nnc(SCc4ccc(Cl)cc4)s3)C2c2ccc(Br)cc2)cc1. The van der Waals surface area contributed by atoms with Crippen molar-refractivity contribution in [3.05, 3.63) is 110 Å². The molecule has 6 nitrogen and oxygen atoms in total. The Bertz CT molecular complexity index is 1500. The number of carbonyl (C=O) groups excluding carboxylic acids is 2. The van der Waals surface area contributed by atoms with Crippen molar-refractivity contribution in [1.29, 1.82) is 0 Å². The number of anilines is 1. The van der Waals surface area contributed by atoms with E-state index in [0.717, 1.165) is 15.6 Å². The van der Waals surface area contributed by atoms with E-state index in [9.17, 15) is 14.7 Å². The maximum atomic E-state index is 13.3. The fourth-order valence-corrected chi connectivity index (χ4v) is 6.15. The quantitative estimate of drug-likeness (QED) is 0.0817. The third-order valence-electron chi connectivity index (χ3n) is 5.83. The Labute approximate surface area is 235 Å². The molecule has 0 saturated carbocycles. The van der Waals surface area contributed by atoms with Crippen LogP contribution in [0, 0.1) is 6.92 Å².